The Morgan fingerprint density at radius 3 is 3.00 bits per heavy atom. The van der Waals surface area contributed by atoms with Gasteiger partial charge in [-0.05, 0) is 24.6 Å². The first-order chi connectivity index (χ1) is 6.24. The third-order valence-electron chi connectivity index (χ3n) is 2.12. The molecule has 2 nitrogen and oxygen atoms in total. The number of alkyl halides is 1. The Labute approximate surface area is 89.4 Å². The minimum absolute atomic E-state index is 0.466. The molecule has 0 amide bonds. The highest BCUT2D eigenvalue weighted by molar-refractivity contribution is 9.10. The molecule has 0 radical (unpaired) electrons. The third-order valence-corrected chi connectivity index (χ3v) is 3.25. The molecule has 0 fully saturated rings. The zero-order chi connectivity index (χ0) is 9.42. The lowest BCUT2D eigenvalue weighted by Gasteiger charge is -1.99. The summed E-state index contributed by atoms with van der Waals surface area (Å²) in [5.41, 5.74) is 3.13. The van der Waals surface area contributed by atoms with Crippen LogP contribution < -0.4 is 0 Å². The van der Waals surface area contributed by atoms with E-state index in [0.717, 1.165) is 21.1 Å². The molecule has 0 unspecified atom stereocenters. The van der Waals surface area contributed by atoms with Crippen LogP contribution in [-0.4, -0.2) is 10.2 Å². The van der Waals surface area contributed by atoms with Gasteiger partial charge >= 0.3 is 0 Å². The number of hydrogen-bond acceptors (Lipinski definition) is 1. The molecule has 13 heavy (non-hydrogen) atoms. The fraction of sp³-hybridized carbons (Fsp3) is 0.222. The number of nitrogens with zero attached hydrogens (tertiary/aromatic N) is 1. The number of nitrogens with one attached hydrogen (secondary N) is 1. The van der Waals surface area contributed by atoms with Gasteiger partial charge in [0.2, 0.25) is 0 Å². The lowest BCUT2D eigenvalue weighted by Crippen LogP contribution is -1.82. The van der Waals surface area contributed by atoms with Gasteiger partial charge in [0, 0.05) is 9.86 Å². The molecule has 1 aromatic carbocycles. The quantitative estimate of drug-likeness (QED) is 0.782. The Kier molecular flexibility index (Phi) is 2.30. The molecular formula is C9H8BrClN2. The molecule has 2 aromatic rings. The van der Waals surface area contributed by atoms with Crippen LogP contribution in [0.5, 0.6) is 0 Å². The average Bonchev–Trinajstić information content (AvgIpc) is 2.55. The zero-order valence-corrected chi connectivity index (χ0v) is 9.41. The molecule has 1 aromatic heterocycles. The van der Waals surface area contributed by atoms with Gasteiger partial charge in [-0.25, -0.2) is 0 Å². The van der Waals surface area contributed by atoms with Crippen LogP contribution in [0.25, 0.3) is 10.9 Å². The van der Waals surface area contributed by atoms with Crippen molar-refractivity contribution in [3.8, 4) is 0 Å². The van der Waals surface area contributed by atoms with E-state index in [1.807, 2.05) is 12.1 Å². The summed E-state index contributed by atoms with van der Waals surface area (Å²) in [6, 6.07) is 3.97. The molecule has 1 N–H and O–H groups in total. The molecule has 0 spiro atoms. The van der Waals surface area contributed by atoms with E-state index >= 15 is 0 Å². The van der Waals surface area contributed by atoms with Crippen molar-refractivity contribution >= 4 is 38.4 Å². The van der Waals surface area contributed by atoms with Crippen molar-refractivity contribution in [3.63, 3.8) is 0 Å². The highest BCUT2D eigenvalue weighted by Crippen LogP contribution is 2.27. The normalized spacial score (nSPS) is 11.0. The Morgan fingerprint density at radius 2 is 2.31 bits per heavy atom. The standard InChI is InChI=1S/C9H8BrClN2/c1-5-6(10)2-3-7-9(5)8(4-11)13-12-7/h2-3H,4H2,1H3,(H,12,13). The van der Waals surface area contributed by atoms with Crippen molar-refractivity contribution in [2.45, 2.75) is 12.8 Å². The van der Waals surface area contributed by atoms with Gasteiger partial charge in [0.25, 0.3) is 0 Å². The van der Waals surface area contributed by atoms with Crippen LogP contribution in [0.2, 0.25) is 0 Å². The summed E-state index contributed by atoms with van der Waals surface area (Å²) in [5.74, 6) is 0.466. The van der Waals surface area contributed by atoms with Gasteiger partial charge in [-0.1, -0.05) is 15.9 Å². The molecule has 0 saturated carbocycles. The van der Waals surface area contributed by atoms with E-state index in [1.165, 1.54) is 5.56 Å². The molecule has 2 rings (SSSR count). The maximum Gasteiger partial charge on any atom is 0.0927 e. The highest BCUT2D eigenvalue weighted by atomic mass is 79.9. The van der Waals surface area contributed by atoms with Crippen molar-refractivity contribution < 1.29 is 0 Å². The van der Waals surface area contributed by atoms with Crippen LogP contribution in [0.15, 0.2) is 16.6 Å². The monoisotopic (exact) mass is 258 g/mol. The van der Waals surface area contributed by atoms with Crippen LogP contribution in [-0.2, 0) is 5.88 Å². The maximum absolute atomic E-state index is 5.79. The number of benzene rings is 1. The number of rotatable bonds is 1. The van der Waals surface area contributed by atoms with E-state index in [1.54, 1.807) is 0 Å². The predicted molar refractivity (Wildman–Crippen MR) is 58.1 cm³/mol. The molecule has 4 heteroatoms. The minimum Gasteiger partial charge on any atom is -0.280 e. The third kappa shape index (κ3) is 1.36. The number of aromatic nitrogens is 2. The minimum atomic E-state index is 0.466. The van der Waals surface area contributed by atoms with Gasteiger partial charge in [-0.15, -0.1) is 11.6 Å². The molecule has 0 atom stereocenters. The van der Waals surface area contributed by atoms with Gasteiger partial charge in [0.15, 0.2) is 0 Å². The van der Waals surface area contributed by atoms with Crippen molar-refractivity contribution in [2.75, 3.05) is 0 Å². The summed E-state index contributed by atoms with van der Waals surface area (Å²) in [7, 11) is 0. The summed E-state index contributed by atoms with van der Waals surface area (Å²) in [6.45, 7) is 2.05. The molecule has 68 valence electrons. The summed E-state index contributed by atoms with van der Waals surface area (Å²) in [5, 5.41) is 8.22. The second-order valence-electron chi connectivity index (χ2n) is 2.90. The van der Waals surface area contributed by atoms with E-state index < -0.39 is 0 Å². The molecule has 0 aliphatic rings. The van der Waals surface area contributed by atoms with E-state index in [9.17, 15) is 0 Å². The predicted octanol–water partition coefficient (Wildman–Crippen LogP) is 3.37. The lowest BCUT2D eigenvalue weighted by molar-refractivity contribution is 1.05. The number of halogens is 2. The van der Waals surface area contributed by atoms with Crippen LogP contribution in [0, 0.1) is 6.92 Å². The second-order valence-corrected chi connectivity index (χ2v) is 4.02. The molecule has 1 heterocycles. The van der Waals surface area contributed by atoms with Gasteiger partial charge in [0.05, 0.1) is 17.1 Å². The van der Waals surface area contributed by atoms with E-state index in [4.69, 9.17) is 11.6 Å². The first-order valence-corrected chi connectivity index (χ1v) is 5.25. The van der Waals surface area contributed by atoms with Crippen molar-refractivity contribution in [1.82, 2.24) is 10.2 Å². The van der Waals surface area contributed by atoms with Crippen molar-refractivity contribution in [1.29, 1.82) is 0 Å². The van der Waals surface area contributed by atoms with Gasteiger partial charge in [0.1, 0.15) is 0 Å². The molecule has 0 aliphatic heterocycles. The first-order valence-electron chi connectivity index (χ1n) is 3.92. The average molecular weight is 260 g/mol. The molecule has 0 bridgehead atoms. The van der Waals surface area contributed by atoms with Crippen molar-refractivity contribution in [3.05, 3.63) is 27.9 Å². The maximum atomic E-state index is 5.79. The Hall–Kier alpha value is -0.540. The zero-order valence-electron chi connectivity index (χ0n) is 7.06. The Morgan fingerprint density at radius 1 is 1.54 bits per heavy atom. The second kappa shape index (κ2) is 3.31. The smallest absolute Gasteiger partial charge is 0.0927 e. The van der Waals surface area contributed by atoms with E-state index in [-0.39, 0.29) is 0 Å². The topological polar surface area (TPSA) is 28.7 Å². The number of fused-ring (bicyclic) bond motifs is 1. The van der Waals surface area contributed by atoms with Crippen LogP contribution in [0.3, 0.4) is 0 Å². The number of H-pyrrole nitrogens is 1. The molecular weight excluding hydrogens is 251 g/mol. The summed E-state index contributed by atoms with van der Waals surface area (Å²) in [6.07, 6.45) is 0. The molecule has 0 aliphatic carbocycles. The summed E-state index contributed by atoms with van der Waals surface area (Å²) >= 11 is 9.26. The Bertz CT molecular complexity index is 450. The van der Waals surface area contributed by atoms with Crippen LogP contribution >= 0.6 is 27.5 Å². The fourth-order valence-electron chi connectivity index (χ4n) is 1.43. The highest BCUT2D eigenvalue weighted by Gasteiger charge is 2.08. The summed E-state index contributed by atoms with van der Waals surface area (Å²) in [4.78, 5) is 0. The SMILES string of the molecule is Cc1c(Br)ccc2n[nH]c(CCl)c12. The largest absolute Gasteiger partial charge is 0.280 e. The number of hydrogen-bond donors (Lipinski definition) is 1. The van der Waals surface area contributed by atoms with Gasteiger partial charge < -0.3 is 0 Å². The van der Waals surface area contributed by atoms with Crippen LogP contribution in [0.1, 0.15) is 11.3 Å². The van der Waals surface area contributed by atoms with Crippen LogP contribution in [0.4, 0.5) is 0 Å². The van der Waals surface area contributed by atoms with Gasteiger partial charge in [-0.3, -0.25) is 5.10 Å². The Balaban J connectivity index is 2.85. The number of aryl methyl sites for hydroxylation is 1. The van der Waals surface area contributed by atoms with Gasteiger partial charge in [-0.2, -0.15) is 5.10 Å². The van der Waals surface area contributed by atoms with E-state index in [2.05, 4.69) is 33.1 Å². The summed E-state index contributed by atoms with van der Waals surface area (Å²) < 4.78 is 1.09. The first kappa shape index (κ1) is 9.03. The number of aromatic amines is 1. The fourth-order valence-corrected chi connectivity index (χ4v) is 1.95. The lowest BCUT2D eigenvalue weighted by atomic mass is 10.1. The van der Waals surface area contributed by atoms with Crippen molar-refractivity contribution in [2.24, 2.45) is 0 Å². The molecule has 0 saturated heterocycles. The van der Waals surface area contributed by atoms with E-state index in [0.29, 0.717) is 5.88 Å².